The van der Waals surface area contributed by atoms with Crippen molar-refractivity contribution in [2.24, 2.45) is 0 Å². The number of rotatable bonds is 3. The number of thiazole rings is 1. The van der Waals surface area contributed by atoms with E-state index in [1.807, 2.05) is 12.3 Å². The van der Waals surface area contributed by atoms with Gasteiger partial charge in [-0.05, 0) is 31.2 Å². The van der Waals surface area contributed by atoms with Crippen molar-refractivity contribution >= 4 is 56.8 Å². The Morgan fingerprint density at radius 2 is 1.96 bits per heavy atom. The summed E-state index contributed by atoms with van der Waals surface area (Å²) in [6.07, 6.45) is -0.613. The number of imidazole rings is 1. The fourth-order valence-corrected chi connectivity index (χ4v) is 3.78. The average molecular weight is 419 g/mol. The molecule has 0 bridgehead atoms. The lowest BCUT2D eigenvalue weighted by Crippen LogP contribution is -2.16. The third-order valence-corrected chi connectivity index (χ3v) is 5.20. The van der Waals surface area contributed by atoms with Crippen LogP contribution >= 0.6 is 34.5 Å². The van der Waals surface area contributed by atoms with Gasteiger partial charge in [0.15, 0.2) is 5.13 Å². The minimum Gasteiger partial charge on any atom is -0.410 e. The molecule has 0 aliphatic heterocycles. The molecule has 0 saturated heterocycles. The molecule has 0 radical (unpaired) electrons. The Hall–Kier alpha value is -2.61. The van der Waals surface area contributed by atoms with Crippen LogP contribution in [0.15, 0.2) is 41.8 Å². The number of aryl methyl sites for hydroxylation is 1. The van der Waals surface area contributed by atoms with E-state index < -0.39 is 6.09 Å². The van der Waals surface area contributed by atoms with Crippen molar-refractivity contribution in [1.29, 1.82) is 0 Å². The number of H-pyrrole nitrogens is 1. The molecule has 4 aromatic rings. The molecule has 27 heavy (non-hydrogen) atoms. The summed E-state index contributed by atoms with van der Waals surface area (Å²) in [7, 11) is 0. The van der Waals surface area contributed by atoms with Crippen LogP contribution in [0.25, 0.3) is 22.4 Å². The number of benzene rings is 2. The van der Waals surface area contributed by atoms with Crippen LogP contribution in [0.3, 0.4) is 0 Å². The lowest BCUT2D eigenvalue weighted by atomic mass is 10.2. The summed E-state index contributed by atoms with van der Waals surface area (Å²) in [5.41, 5.74) is 2.84. The van der Waals surface area contributed by atoms with Gasteiger partial charge in [0, 0.05) is 11.4 Å². The number of hydrogen-bond acceptors (Lipinski definition) is 5. The van der Waals surface area contributed by atoms with Gasteiger partial charge >= 0.3 is 6.09 Å². The molecule has 0 spiro atoms. The van der Waals surface area contributed by atoms with E-state index in [2.05, 4.69) is 20.3 Å². The van der Waals surface area contributed by atoms with E-state index in [0.29, 0.717) is 43.3 Å². The van der Waals surface area contributed by atoms with Gasteiger partial charge in [-0.15, -0.1) is 11.3 Å². The molecule has 2 N–H and O–H groups in total. The zero-order valence-corrected chi connectivity index (χ0v) is 16.2. The quantitative estimate of drug-likeness (QED) is 0.433. The third-order valence-electron chi connectivity index (χ3n) is 3.69. The number of carbonyl (C=O) groups excluding carboxylic acids is 1. The number of carbonyl (C=O) groups is 1. The Morgan fingerprint density at radius 3 is 2.67 bits per heavy atom. The van der Waals surface area contributed by atoms with Gasteiger partial charge in [0.05, 0.1) is 32.3 Å². The number of hydrogen-bond donors (Lipinski definition) is 2. The smallest absolute Gasteiger partial charge is 0.410 e. The molecule has 0 aliphatic carbocycles. The molecule has 136 valence electrons. The van der Waals surface area contributed by atoms with Crippen LogP contribution in [0.1, 0.15) is 5.69 Å². The summed E-state index contributed by atoms with van der Waals surface area (Å²) in [4.78, 5) is 23.8. The van der Waals surface area contributed by atoms with E-state index in [1.165, 1.54) is 11.3 Å². The summed E-state index contributed by atoms with van der Waals surface area (Å²) in [5, 5.41) is 5.91. The van der Waals surface area contributed by atoms with Crippen LogP contribution < -0.4 is 10.1 Å². The summed E-state index contributed by atoms with van der Waals surface area (Å²) in [6.45, 7) is 1.85. The second-order valence-electron chi connectivity index (χ2n) is 5.67. The molecular weight excluding hydrogens is 407 g/mol. The van der Waals surface area contributed by atoms with Crippen LogP contribution in [-0.4, -0.2) is 21.0 Å². The van der Waals surface area contributed by atoms with Gasteiger partial charge in [-0.1, -0.05) is 29.3 Å². The van der Waals surface area contributed by atoms with Gasteiger partial charge < -0.3 is 9.72 Å². The fraction of sp³-hybridized carbons (Fsp3) is 0.0556. The summed E-state index contributed by atoms with van der Waals surface area (Å²) >= 11 is 13.8. The fourth-order valence-electron chi connectivity index (χ4n) is 2.53. The minimum absolute atomic E-state index is 0.369. The lowest BCUT2D eigenvalue weighted by Gasteiger charge is -2.04. The molecule has 0 fully saturated rings. The second-order valence-corrected chi connectivity index (χ2v) is 7.34. The molecule has 2 aromatic carbocycles. The highest BCUT2D eigenvalue weighted by Crippen LogP contribution is 2.34. The number of fused-ring (bicyclic) bond motifs is 1. The number of nitrogens with one attached hydrogen (secondary N) is 2. The standard InChI is InChI=1S/C18H12Cl2N4O2S/c1-9-8-27-17(21-9)24-18(25)26-10-5-6-13-14(7-10)23-16(22-13)15-11(19)3-2-4-12(15)20/h2-8H,1H3,(H,22,23)(H,21,24,25). The van der Waals surface area contributed by atoms with Gasteiger partial charge in [-0.2, -0.15) is 0 Å². The molecule has 9 heteroatoms. The number of halogens is 2. The second kappa shape index (κ2) is 7.19. The average Bonchev–Trinajstić information content (AvgIpc) is 3.20. The van der Waals surface area contributed by atoms with Crippen molar-refractivity contribution < 1.29 is 9.53 Å². The van der Waals surface area contributed by atoms with Crippen molar-refractivity contribution in [2.45, 2.75) is 6.92 Å². The van der Waals surface area contributed by atoms with Gasteiger partial charge in [-0.25, -0.2) is 14.8 Å². The van der Waals surface area contributed by atoms with Crippen LogP contribution in [0.5, 0.6) is 5.75 Å². The number of aromatic nitrogens is 3. The van der Waals surface area contributed by atoms with Gasteiger partial charge in [0.2, 0.25) is 0 Å². The Labute approximate surface area is 168 Å². The van der Waals surface area contributed by atoms with Crippen LogP contribution in [0.2, 0.25) is 10.0 Å². The Kier molecular flexibility index (Phi) is 4.73. The van der Waals surface area contributed by atoms with Gasteiger partial charge in [0.25, 0.3) is 0 Å². The van der Waals surface area contributed by atoms with E-state index in [9.17, 15) is 4.79 Å². The van der Waals surface area contributed by atoms with Crippen LogP contribution in [-0.2, 0) is 0 Å². The first-order valence-corrected chi connectivity index (χ1v) is 9.48. The number of ether oxygens (including phenoxy) is 1. The van der Waals surface area contributed by atoms with E-state index in [1.54, 1.807) is 36.4 Å². The van der Waals surface area contributed by atoms with E-state index in [0.717, 1.165) is 5.69 Å². The van der Waals surface area contributed by atoms with Crippen molar-refractivity contribution in [3.8, 4) is 17.1 Å². The number of nitrogens with zero attached hydrogens (tertiary/aromatic N) is 2. The molecule has 6 nitrogen and oxygen atoms in total. The normalized spacial score (nSPS) is 10.9. The first-order valence-electron chi connectivity index (χ1n) is 7.85. The Morgan fingerprint density at radius 1 is 1.19 bits per heavy atom. The van der Waals surface area contributed by atoms with E-state index >= 15 is 0 Å². The first-order chi connectivity index (χ1) is 13.0. The summed E-state index contributed by atoms with van der Waals surface area (Å²) < 4.78 is 5.31. The van der Waals surface area contributed by atoms with Gasteiger partial charge in [-0.3, -0.25) is 5.32 Å². The lowest BCUT2D eigenvalue weighted by molar-refractivity contribution is 0.215. The Bertz CT molecular complexity index is 1140. The van der Waals surface area contributed by atoms with Gasteiger partial charge in [0.1, 0.15) is 11.6 Å². The number of anilines is 1. The van der Waals surface area contributed by atoms with Crippen LogP contribution in [0, 0.1) is 6.92 Å². The molecule has 0 unspecified atom stereocenters. The number of amides is 1. The van der Waals surface area contributed by atoms with E-state index in [-0.39, 0.29) is 0 Å². The molecule has 4 rings (SSSR count). The molecule has 1 amide bonds. The monoisotopic (exact) mass is 418 g/mol. The highest BCUT2D eigenvalue weighted by Gasteiger charge is 2.14. The Balaban J connectivity index is 1.58. The van der Waals surface area contributed by atoms with Crippen molar-refractivity contribution in [3.05, 3.63) is 57.5 Å². The number of aromatic amines is 1. The molecule has 2 aromatic heterocycles. The predicted octanol–water partition coefficient (Wildman–Crippen LogP) is 5.91. The summed E-state index contributed by atoms with van der Waals surface area (Å²) in [5.74, 6) is 0.911. The largest absolute Gasteiger partial charge is 0.418 e. The highest BCUT2D eigenvalue weighted by molar-refractivity contribution is 7.13. The van der Waals surface area contributed by atoms with Crippen LogP contribution in [0.4, 0.5) is 9.93 Å². The maximum Gasteiger partial charge on any atom is 0.418 e. The first kappa shape index (κ1) is 17.8. The zero-order chi connectivity index (χ0) is 19.0. The molecular formula is C18H12Cl2N4O2S. The molecule has 2 heterocycles. The maximum atomic E-state index is 12.0. The summed E-state index contributed by atoms with van der Waals surface area (Å²) in [6, 6.07) is 10.4. The van der Waals surface area contributed by atoms with Crippen molar-refractivity contribution in [2.75, 3.05) is 5.32 Å². The SMILES string of the molecule is Cc1csc(NC(=O)Oc2ccc3nc(-c4c(Cl)cccc4Cl)[nH]c3c2)n1. The highest BCUT2D eigenvalue weighted by atomic mass is 35.5. The van der Waals surface area contributed by atoms with E-state index in [4.69, 9.17) is 27.9 Å². The topological polar surface area (TPSA) is 79.9 Å². The maximum absolute atomic E-state index is 12.0. The molecule has 0 saturated carbocycles. The third kappa shape index (κ3) is 3.75. The zero-order valence-electron chi connectivity index (χ0n) is 13.9. The predicted molar refractivity (Wildman–Crippen MR) is 108 cm³/mol. The minimum atomic E-state index is -0.613. The molecule has 0 atom stereocenters. The molecule has 0 aliphatic rings. The van der Waals surface area contributed by atoms with Crippen molar-refractivity contribution in [1.82, 2.24) is 15.0 Å². The van der Waals surface area contributed by atoms with Crippen molar-refractivity contribution in [3.63, 3.8) is 0 Å².